The summed E-state index contributed by atoms with van der Waals surface area (Å²) < 4.78 is 0. The van der Waals surface area contributed by atoms with E-state index in [-0.39, 0.29) is 17.5 Å². The first-order valence-corrected chi connectivity index (χ1v) is 8.97. The third kappa shape index (κ3) is 7.17. The lowest BCUT2D eigenvalue weighted by Gasteiger charge is -2.16. The Hall–Kier alpha value is -2.50. The van der Waals surface area contributed by atoms with Crippen molar-refractivity contribution in [1.82, 2.24) is 0 Å². The summed E-state index contributed by atoms with van der Waals surface area (Å²) in [7, 11) is 0. The van der Waals surface area contributed by atoms with E-state index in [1.807, 2.05) is 0 Å². The molecule has 0 radical (unpaired) electrons. The first kappa shape index (κ1) is 21.5. The van der Waals surface area contributed by atoms with Crippen molar-refractivity contribution < 1.29 is 19.2 Å². The number of amides is 2. The average Bonchev–Trinajstić information content (AvgIpc) is 2.56. The summed E-state index contributed by atoms with van der Waals surface area (Å²) in [5.74, 6) is -1.60. The molecule has 6 heteroatoms. The Morgan fingerprint density at radius 1 is 0.808 bits per heavy atom. The third-order valence-electron chi connectivity index (χ3n) is 4.43. The highest BCUT2D eigenvalue weighted by Crippen LogP contribution is 2.25. The summed E-state index contributed by atoms with van der Waals surface area (Å²) in [5, 5.41) is 0. The molecule has 0 fully saturated rings. The molecular weight excluding hydrogens is 332 g/mol. The minimum atomic E-state index is -0.530. The fourth-order valence-electron chi connectivity index (χ4n) is 2.91. The highest BCUT2D eigenvalue weighted by Gasteiger charge is 2.20. The van der Waals surface area contributed by atoms with E-state index in [9.17, 15) is 19.2 Å². The second-order valence-electron chi connectivity index (χ2n) is 6.68. The molecule has 0 spiro atoms. The minimum absolute atomic E-state index is 0.160. The van der Waals surface area contributed by atoms with E-state index in [1.54, 1.807) is 18.2 Å². The molecule has 1 rings (SSSR count). The van der Waals surface area contributed by atoms with E-state index in [1.165, 1.54) is 13.8 Å². The van der Waals surface area contributed by atoms with Crippen molar-refractivity contribution in [2.45, 2.75) is 64.7 Å². The quantitative estimate of drug-likeness (QED) is 0.440. The molecule has 0 heterocycles. The smallest absolute Gasteiger partial charge is 0.224 e. The monoisotopic (exact) mass is 360 g/mol. The molecule has 4 N–H and O–H groups in total. The van der Waals surface area contributed by atoms with Gasteiger partial charge in [0.25, 0.3) is 0 Å². The topological polar surface area (TPSA) is 120 Å². The van der Waals surface area contributed by atoms with Gasteiger partial charge in [0.15, 0.2) is 11.6 Å². The lowest BCUT2D eigenvalue weighted by Crippen LogP contribution is -2.22. The Labute approximate surface area is 154 Å². The summed E-state index contributed by atoms with van der Waals surface area (Å²) in [6.45, 7) is 2.85. The van der Waals surface area contributed by atoms with Crippen molar-refractivity contribution in [2.75, 3.05) is 0 Å². The normalized spacial score (nSPS) is 11.8. The lowest BCUT2D eigenvalue weighted by molar-refractivity contribution is -0.120. The number of rotatable bonds is 12. The van der Waals surface area contributed by atoms with Crippen LogP contribution in [0.15, 0.2) is 18.2 Å². The molecule has 1 aromatic carbocycles. The zero-order chi connectivity index (χ0) is 19.7. The van der Waals surface area contributed by atoms with Gasteiger partial charge in [-0.05, 0) is 50.5 Å². The van der Waals surface area contributed by atoms with Crippen molar-refractivity contribution in [3.8, 4) is 0 Å². The van der Waals surface area contributed by atoms with Crippen molar-refractivity contribution in [3.63, 3.8) is 0 Å². The predicted octanol–water partition coefficient (Wildman–Crippen LogP) is 2.88. The van der Waals surface area contributed by atoms with E-state index in [2.05, 4.69) is 0 Å². The van der Waals surface area contributed by atoms with Gasteiger partial charge in [-0.25, -0.2) is 0 Å². The van der Waals surface area contributed by atoms with Gasteiger partial charge in [0.1, 0.15) is 0 Å². The molecule has 26 heavy (non-hydrogen) atoms. The maximum Gasteiger partial charge on any atom is 0.224 e. The highest BCUT2D eigenvalue weighted by molar-refractivity contribution is 6.00. The fraction of sp³-hybridized carbons (Fsp3) is 0.500. The van der Waals surface area contributed by atoms with Crippen molar-refractivity contribution in [1.29, 1.82) is 0 Å². The van der Waals surface area contributed by atoms with Gasteiger partial charge in [-0.15, -0.1) is 0 Å². The first-order valence-electron chi connectivity index (χ1n) is 8.97. The number of primary amides is 2. The van der Waals surface area contributed by atoms with Crippen LogP contribution in [0.3, 0.4) is 0 Å². The molecule has 0 aliphatic carbocycles. The van der Waals surface area contributed by atoms with Crippen molar-refractivity contribution >= 4 is 23.4 Å². The zero-order valence-corrected chi connectivity index (χ0v) is 15.5. The standard InChI is InChI=1S/C20H28N2O4/c1-13(23)15-10-16(14(2)24)12-17(11-15)18(20(22)26)8-6-4-3-5-7-9-19(21)25/h10-12,18H,3-9H2,1-2H3,(H2,21,25)(H2,22,26). The van der Waals surface area contributed by atoms with E-state index in [4.69, 9.17) is 11.5 Å². The molecule has 0 aromatic heterocycles. The van der Waals surface area contributed by atoms with Gasteiger partial charge >= 0.3 is 0 Å². The van der Waals surface area contributed by atoms with Crippen LogP contribution in [0.5, 0.6) is 0 Å². The van der Waals surface area contributed by atoms with Crippen LogP contribution in [-0.4, -0.2) is 23.4 Å². The minimum Gasteiger partial charge on any atom is -0.370 e. The summed E-state index contributed by atoms with van der Waals surface area (Å²) in [4.78, 5) is 46.0. The van der Waals surface area contributed by atoms with Gasteiger partial charge in [-0.2, -0.15) is 0 Å². The van der Waals surface area contributed by atoms with E-state index in [0.29, 0.717) is 29.5 Å². The molecule has 0 aliphatic rings. The van der Waals surface area contributed by atoms with Gasteiger partial charge in [0, 0.05) is 17.5 Å². The van der Waals surface area contributed by atoms with Crippen LogP contribution >= 0.6 is 0 Å². The summed E-state index contributed by atoms with van der Waals surface area (Å²) in [6, 6.07) is 4.85. The van der Waals surface area contributed by atoms with Crippen LogP contribution in [0.25, 0.3) is 0 Å². The van der Waals surface area contributed by atoms with Crippen LogP contribution in [0.1, 0.15) is 91.0 Å². The first-order chi connectivity index (χ1) is 12.2. The number of nitrogens with two attached hydrogens (primary N) is 2. The average molecular weight is 360 g/mol. The summed E-state index contributed by atoms with van der Waals surface area (Å²) in [6.07, 6.45) is 5.30. The molecule has 0 saturated carbocycles. The molecule has 6 nitrogen and oxygen atoms in total. The van der Waals surface area contributed by atoms with Crippen LogP contribution in [0.4, 0.5) is 0 Å². The second-order valence-corrected chi connectivity index (χ2v) is 6.68. The van der Waals surface area contributed by atoms with Crippen LogP contribution in [0.2, 0.25) is 0 Å². The van der Waals surface area contributed by atoms with Crippen LogP contribution in [-0.2, 0) is 9.59 Å². The molecule has 0 saturated heterocycles. The van der Waals surface area contributed by atoms with Gasteiger partial charge in [-0.1, -0.05) is 25.7 Å². The number of carbonyl (C=O) groups is 4. The Morgan fingerprint density at radius 2 is 1.31 bits per heavy atom. The van der Waals surface area contributed by atoms with Gasteiger partial charge in [0.2, 0.25) is 11.8 Å². The Kier molecular flexibility index (Phi) is 8.68. The summed E-state index contributed by atoms with van der Waals surface area (Å²) in [5.41, 5.74) is 12.1. The van der Waals surface area contributed by atoms with Crippen LogP contribution in [0, 0.1) is 0 Å². The fourth-order valence-corrected chi connectivity index (χ4v) is 2.91. The largest absolute Gasteiger partial charge is 0.370 e. The predicted molar refractivity (Wildman–Crippen MR) is 99.9 cm³/mol. The van der Waals surface area contributed by atoms with E-state index < -0.39 is 11.8 Å². The number of carbonyl (C=O) groups excluding carboxylic acids is 4. The molecule has 1 aromatic rings. The van der Waals surface area contributed by atoms with Crippen molar-refractivity contribution in [3.05, 3.63) is 34.9 Å². The summed E-state index contributed by atoms with van der Waals surface area (Å²) >= 11 is 0. The Morgan fingerprint density at radius 3 is 1.77 bits per heavy atom. The lowest BCUT2D eigenvalue weighted by atomic mass is 9.88. The number of benzene rings is 1. The molecule has 2 amide bonds. The second kappa shape index (κ2) is 10.5. The Bertz CT molecular complexity index is 650. The number of ketones is 2. The molecule has 1 unspecified atom stereocenters. The number of hydrogen-bond donors (Lipinski definition) is 2. The van der Waals surface area contributed by atoms with Gasteiger partial charge in [-0.3, -0.25) is 19.2 Å². The number of hydrogen-bond acceptors (Lipinski definition) is 4. The molecular formula is C20H28N2O4. The highest BCUT2D eigenvalue weighted by atomic mass is 16.1. The molecule has 0 aliphatic heterocycles. The van der Waals surface area contributed by atoms with E-state index >= 15 is 0 Å². The number of unbranched alkanes of at least 4 members (excludes halogenated alkanes) is 4. The maximum absolute atomic E-state index is 11.9. The molecule has 0 bridgehead atoms. The maximum atomic E-state index is 11.9. The molecule has 1 atom stereocenters. The van der Waals surface area contributed by atoms with E-state index in [0.717, 1.165) is 32.1 Å². The van der Waals surface area contributed by atoms with Crippen molar-refractivity contribution in [2.24, 2.45) is 11.5 Å². The molecule has 142 valence electrons. The van der Waals surface area contributed by atoms with Gasteiger partial charge in [0.05, 0.1) is 5.92 Å². The van der Waals surface area contributed by atoms with Crippen LogP contribution < -0.4 is 11.5 Å². The zero-order valence-electron chi connectivity index (χ0n) is 15.5. The number of Topliss-reactive ketones (excluding diaryl/α,β-unsaturated/α-hetero) is 2. The Balaban J connectivity index is 2.74. The SMILES string of the molecule is CC(=O)c1cc(C(C)=O)cc(C(CCCCCCCC(N)=O)C(N)=O)c1. The van der Waals surface area contributed by atoms with Gasteiger partial charge < -0.3 is 11.5 Å². The third-order valence-corrected chi connectivity index (χ3v) is 4.43.